The van der Waals surface area contributed by atoms with Gasteiger partial charge < -0.3 is 15.5 Å². The van der Waals surface area contributed by atoms with Crippen LogP contribution in [0.15, 0.2) is 23.8 Å². The Hall–Kier alpha value is -1.13. The number of hydrogen-bond donors (Lipinski definition) is 3. The number of aliphatic hydroxyl groups excluding tert-OH is 2. The summed E-state index contributed by atoms with van der Waals surface area (Å²) in [6, 6.07) is 0. The highest BCUT2D eigenvalue weighted by molar-refractivity contribution is 5.72. The van der Waals surface area contributed by atoms with Gasteiger partial charge in [0.2, 0.25) is 5.91 Å². The van der Waals surface area contributed by atoms with E-state index >= 15 is 0 Å². The van der Waals surface area contributed by atoms with Gasteiger partial charge in [0.05, 0.1) is 12.2 Å². The van der Waals surface area contributed by atoms with Crippen LogP contribution in [0, 0.1) is 23.7 Å². The highest BCUT2D eigenvalue weighted by atomic mass is 16.3. The Labute approximate surface area is 177 Å². The molecule has 0 radical (unpaired) electrons. The van der Waals surface area contributed by atoms with Crippen molar-refractivity contribution in [2.24, 2.45) is 23.7 Å². The second-order valence-electron chi connectivity index (χ2n) is 9.47. The minimum atomic E-state index is -0.398. The van der Waals surface area contributed by atoms with Crippen LogP contribution in [0.2, 0.25) is 0 Å². The van der Waals surface area contributed by atoms with Crippen molar-refractivity contribution in [1.82, 2.24) is 5.32 Å². The first kappa shape index (κ1) is 24.1. The number of hydrogen-bond acceptors (Lipinski definition) is 3. The summed E-state index contributed by atoms with van der Waals surface area (Å²) in [5.41, 5.74) is 1.54. The van der Waals surface area contributed by atoms with E-state index in [1.165, 1.54) is 25.7 Å². The molecule has 1 amide bonds. The lowest BCUT2D eigenvalue weighted by molar-refractivity contribution is -0.118. The fourth-order valence-corrected chi connectivity index (χ4v) is 5.13. The molecular formula is C25H43NO3. The summed E-state index contributed by atoms with van der Waals surface area (Å²) in [6.45, 7) is 6.76. The monoisotopic (exact) mass is 405 g/mol. The van der Waals surface area contributed by atoms with Crippen molar-refractivity contribution in [3.63, 3.8) is 0 Å². The first-order valence-electron chi connectivity index (χ1n) is 11.9. The molecule has 2 aliphatic rings. The van der Waals surface area contributed by atoms with Crippen LogP contribution in [0.25, 0.3) is 0 Å². The standard InChI is InChI=1S/C25H43NO3/c1-4-5-9-18(2)14-22(28)11-12-23-24-16-20(15-21(24)17-25(23)29)10-7-6-8-13-26-19(3)27/h11-12,15,18,21-25,28-29H,4-10,13-14,16-17H2,1-3H3,(H,26,27)/b12-11+/t18-,21+,22-,23-,24+,25-/m1/s1. The zero-order valence-electron chi connectivity index (χ0n) is 18.8. The molecule has 29 heavy (non-hydrogen) atoms. The van der Waals surface area contributed by atoms with E-state index in [1.807, 2.05) is 6.08 Å². The molecule has 0 saturated heterocycles. The molecule has 0 heterocycles. The molecule has 0 aromatic heterocycles. The van der Waals surface area contributed by atoms with E-state index in [0.29, 0.717) is 17.8 Å². The molecule has 4 nitrogen and oxygen atoms in total. The Morgan fingerprint density at radius 1 is 1.31 bits per heavy atom. The predicted molar refractivity (Wildman–Crippen MR) is 119 cm³/mol. The number of allylic oxidation sites excluding steroid dienone is 2. The number of fused-ring (bicyclic) bond motifs is 1. The topological polar surface area (TPSA) is 69.6 Å². The number of rotatable bonds is 13. The quantitative estimate of drug-likeness (QED) is 0.306. The number of nitrogens with one attached hydrogen (secondary N) is 1. The van der Waals surface area contributed by atoms with Crippen molar-refractivity contribution >= 4 is 5.91 Å². The summed E-state index contributed by atoms with van der Waals surface area (Å²) in [7, 11) is 0. The van der Waals surface area contributed by atoms with E-state index in [9.17, 15) is 15.0 Å². The lowest BCUT2D eigenvalue weighted by Crippen LogP contribution is -2.20. The normalized spacial score (nSPS) is 28.4. The Kier molecular flexibility index (Phi) is 10.4. The van der Waals surface area contributed by atoms with Gasteiger partial charge in [-0.25, -0.2) is 0 Å². The van der Waals surface area contributed by atoms with Crippen LogP contribution in [-0.2, 0) is 4.79 Å². The molecule has 0 aromatic rings. The van der Waals surface area contributed by atoms with E-state index in [1.54, 1.807) is 12.5 Å². The van der Waals surface area contributed by atoms with Gasteiger partial charge in [0.15, 0.2) is 0 Å². The molecule has 4 heteroatoms. The largest absolute Gasteiger partial charge is 0.392 e. The fraction of sp³-hybridized carbons (Fsp3) is 0.800. The van der Waals surface area contributed by atoms with Gasteiger partial charge in [0.1, 0.15) is 0 Å². The average molecular weight is 406 g/mol. The maximum Gasteiger partial charge on any atom is 0.216 e. The van der Waals surface area contributed by atoms with Gasteiger partial charge in [-0.05, 0) is 56.3 Å². The van der Waals surface area contributed by atoms with Crippen LogP contribution >= 0.6 is 0 Å². The van der Waals surface area contributed by atoms with E-state index < -0.39 is 6.10 Å². The molecular weight excluding hydrogens is 362 g/mol. The second-order valence-corrected chi connectivity index (χ2v) is 9.47. The van der Waals surface area contributed by atoms with Crippen LogP contribution in [-0.4, -0.2) is 34.9 Å². The second kappa shape index (κ2) is 12.5. The van der Waals surface area contributed by atoms with Gasteiger partial charge in [-0.15, -0.1) is 0 Å². The van der Waals surface area contributed by atoms with E-state index in [-0.39, 0.29) is 17.9 Å². The van der Waals surface area contributed by atoms with Gasteiger partial charge >= 0.3 is 0 Å². The van der Waals surface area contributed by atoms with Gasteiger partial charge in [0.25, 0.3) is 0 Å². The van der Waals surface area contributed by atoms with Crippen LogP contribution < -0.4 is 5.32 Å². The zero-order chi connectivity index (χ0) is 21.2. The van der Waals surface area contributed by atoms with E-state index in [4.69, 9.17) is 0 Å². The summed E-state index contributed by atoms with van der Waals surface area (Å²) in [6.07, 6.45) is 16.6. The lowest BCUT2D eigenvalue weighted by Gasteiger charge is -2.19. The maximum absolute atomic E-state index is 10.9. The minimum absolute atomic E-state index is 0.0505. The van der Waals surface area contributed by atoms with Crippen molar-refractivity contribution in [1.29, 1.82) is 0 Å². The maximum atomic E-state index is 10.9. The number of unbranched alkanes of at least 4 members (excludes halogenated alkanes) is 3. The Morgan fingerprint density at radius 2 is 2.10 bits per heavy atom. The molecule has 0 spiro atoms. The molecule has 3 N–H and O–H groups in total. The number of carbonyl (C=O) groups excluding carboxylic acids is 1. The Balaban J connectivity index is 1.73. The Bertz CT molecular complexity index is 556. The van der Waals surface area contributed by atoms with E-state index in [0.717, 1.165) is 45.1 Å². The van der Waals surface area contributed by atoms with E-state index in [2.05, 4.69) is 31.3 Å². The first-order valence-corrected chi connectivity index (χ1v) is 11.9. The smallest absolute Gasteiger partial charge is 0.216 e. The average Bonchev–Trinajstić information content (AvgIpc) is 3.17. The third-order valence-corrected chi connectivity index (χ3v) is 6.75. The summed E-state index contributed by atoms with van der Waals surface area (Å²) < 4.78 is 0. The number of aliphatic hydroxyl groups is 2. The molecule has 1 fully saturated rings. The van der Waals surface area contributed by atoms with Crippen LogP contribution in [0.3, 0.4) is 0 Å². The number of amides is 1. The molecule has 2 aliphatic carbocycles. The molecule has 166 valence electrons. The van der Waals surface area contributed by atoms with Gasteiger partial charge in [-0.2, -0.15) is 0 Å². The van der Waals surface area contributed by atoms with Gasteiger partial charge in [-0.3, -0.25) is 4.79 Å². The minimum Gasteiger partial charge on any atom is -0.392 e. The highest BCUT2D eigenvalue weighted by Crippen LogP contribution is 2.48. The van der Waals surface area contributed by atoms with Crippen molar-refractivity contribution in [2.75, 3.05) is 6.54 Å². The van der Waals surface area contributed by atoms with Crippen LogP contribution in [0.4, 0.5) is 0 Å². The van der Waals surface area contributed by atoms with Crippen molar-refractivity contribution in [3.05, 3.63) is 23.8 Å². The molecule has 0 aromatic carbocycles. The third-order valence-electron chi connectivity index (χ3n) is 6.75. The molecule has 0 aliphatic heterocycles. The zero-order valence-corrected chi connectivity index (χ0v) is 18.8. The van der Waals surface area contributed by atoms with Gasteiger partial charge in [-0.1, -0.05) is 63.3 Å². The molecule has 0 bridgehead atoms. The first-order chi connectivity index (χ1) is 13.9. The fourth-order valence-electron chi connectivity index (χ4n) is 5.13. The van der Waals surface area contributed by atoms with Crippen molar-refractivity contribution < 1.29 is 15.0 Å². The lowest BCUT2D eigenvalue weighted by atomic mass is 9.88. The van der Waals surface area contributed by atoms with Crippen molar-refractivity contribution in [3.8, 4) is 0 Å². The molecule has 0 unspecified atom stereocenters. The molecule has 6 atom stereocenters. The number of carbonyl (C=O) groups is 1. The Morgan fingerprint density at radius 3 is 2.83 bits per heavy atom. The SMILES string of the molecule is CCCC[C@@H](C)C[C@H](O)/C=C/[C@@H]1[C@H]2CC(CCCCCNC(C)=O)=C[C@H]2C[C@H]1O. The molecule has 2 rings (SSSR count). The van der Waals surface area contributed by atoms with Crippen molar-refractivity contribution in [2.45, 2.75) is 97.2 Å². The third kappa shape index (κ3) is 8.25. The van der Waals surface area contributed by atoms with Crippen LogP contribution in [0.1, 0.15) is 85.0 Å². The summed E-state index contributed by atoms with van der Waals surface area (Å²) >= 11 is 0. The predicted octanol–water partition coefficient (Wildman–Crippen LogP) is 4.76. The highest BCUT2D eigenvalue weighted by Gasteiger charge is 2.43. The summed E-state index contributed by atoms with van der Waals surface area (Å²) in [5, 5.41) is 23.7. The summed E-state index contributed by atoms with van der Waals surface area (Å²) in [5.74, 6) is 1.76. The molecule has 1 saturated carbocycles. The van der Waals surface area contributed by atoms with Gasteiger partial charge in [0, 0.05) is 19.4 Å². The van der Waals surface area contributed by atoms with Crippen LogP contribution in [0.5, 0.6) is 0 Å². The summed E-state index contributed by atoms with van der Waals surface area (Å²) in [4.78, 5) is 10.9.